The van der Waals surface area contributed by atoms with Crippen molar-refractivity contribution in [3.05, 3.63) is 141 Å². The van der Waals surface area contributed by atoms with Crippen molar-refractivity contribution in [2.75, 3.05) is 26.2 Å². The van der Waals surface area contributed by atoms with E-state index in [9.17, 15) is 18.0 Å². The van der Waals surface area contributed by atoms with Crippen molar-refractivity contribution in [2.24, 2.45) is 0 Å². The largest absolute Gasteiger partial charge is 0.573 e. The van der Waals surface area contributed by atoms with E-state index in [-0.39, 0.29) is 11.5 Å². The molecular formula is C50H50Cl3F3N6O2. The van der Waals surface area contributed by atoms with E-state index in [1.807, 2.05) is 54.6 Å². The molecule has 64 heavy (non-hydrogen) atoms. The quantitative estimate of drug-likeness (QED) is 0.0937. The Kier molecular flexibility index (Phi) is 13.4. The van der Waals surface area contributed by atoms with Crippen LogP contribution in [0.15, 0.2) is 109 Å². The van der Waals surface area contributed by atoms with Gasteiger partial charge in [0.15, 0.2) is 5.78 Å². The minimum absolute atomic E-state index is 0.220. The molecular weight excluding hydrogens is 880 g/mol. The number of hydrogen-bond donors (Lipinski definition) is 2. The number of fused-ring (bicyclic) bond motifs is 3. The van der Waals surface area contributed by atoms with Gasteiger partial charge in [-0.15, -0.1) is 13.2 Å². The lowest BCUT2D eigenvalue weighted by Crippen LogP contribution is -2.57. The molecule has 6 aromatic rings. The summed E-state index contributed by atoms with van der Waals surface area (Å²) in [6.45, 7) is 6.09. The maximum Gasteiger partial charge on any atom is 0.573 e. The van der Waals surface area contributed by atoms with Crippen molar-refractivity contribution in [2.45, 2.75) is 88.7 Å². The summed E-state index contributed by atoms with van der Waals surface area (Å²) in [5.74, 6) is -0.0410. The number of pyridine rings is 1. The second-order valence-corrected chi connectivity index (χ2v) is 18.6. The number of carbonyl (C=O) groups is 1. The van der Waals surface area contributed by atoms with Gasteiger partial charge in [-0.2, -0.15) is 0 Å². The Hall–Kier alpha value is -4.46. The number of halogens is 6. The zero-order valence-electron chi connectivity index (χ0n) is 35.3. The first kappa shape index (κ1) is 44.7. The highest BCUT2D eigenvalue weighted by Gasteiger charge is 2.43. The van der Waals surface area contributed by atoms with E-state index in [1.165, 1.54) is 17.7 Å². The molecule has 5 heterocycles. The number of piperazine rings is 1. The van der Waals surface area contributed by atoms with Gasteiger partial charge in [-0.05, 0) is 116 Å². The summed E-state index contributed by atoms with van der Waals surface area (Å²) in [7, 11) is 0. The monoisotopic (exact) mass is 928 g/mol. The van der Waals surface area contributed by atoms with Gasteiger partial charge in [0.25, 0.3) is 0 Å². The molecule has 334 valence electrons. The number of nitrogens with zero attached hydrogens (tertiary/aromatic N) is 4. The number of hydrogen-bond acceptors (Lipinski definition) is 7. The summed E-state index contributed by atoms with van der Waals surface area (Å²) in [4.78, 5) is 23.9. The van der Waals surface area contributed by atoms with E-state index >= 15 is 0 Å². The number of aromatic nitrogens is 2. The maximum atomic E-state index is 14.2. The Bertz CT molecular complexity index is 2590. The number of carbonyl (C=O) groups excluding carboxylic acids is 1. The third-order valence-corrected chi connectivity index (χ3v) is 14.2. The fourth-order valence-electron chi connectivity index (χ4n) is 9.99. The molecule has 0 radical (unpaired) electrons. The normalized spacial score (nSPS) is 18.8. The van der Waals surface area contributed by atoms with E-state index in [2.05, 4.69) is 59.1 Å². The third-order valence-electron chi connectivity index (χ3n) is 13.3. The van der Waals surface area contributed by atoms with Gasteiger partial charge in [-0.3, -0.25) is 19.6 Å². The van der Waals surface area contributed by atoms with Gasteiger partial charge in [-0.1, -0.05) is 77.3 Å². The molecule has 9 rings (SSSR count). The van der Waals surface area contributed by atoms with Gasteiger partial charge in [0.2, 0.25) is 0 Å². The molecule has 0 saturated carbocycles. The molecule has 3 aliphatic heterocycles. The van der Waals surface area contributed by atoms with Crippen LogP contribution < -0.4 is 15.4 Å². The molecule has 3 aliphatic rings. The molecule has 4 aromatic carbocycles. The number of piperidine rings is 1. The summed E-state index contributed by atoms with van der Waals surface area (Å²) in [5, 5.41) is 10.2. The Labute approximate surface area is 386 Å². The van der Waals surface area contributed by atoms with Gasteiger partial charge >= 0.3 is 6.36 Å². The first-order chi connectivity index (χ1) is 30.9. The average molecular weight is 930 g/mol. The number of rotatable bonds is 16. The summed E-state index contributed by atoms with van der Waals surface area (Å²) >= 11 is 19.4. The van der Waals surface area contributed by atoms with Crippen LogP contribution in [0.1, 0.15) is 55.2 Å². The van der Waals surface area contributed by atoms with Crippen LogP contribution >= 0.6 is 34.8 Å². The SMILES string of the molecule is O=C(CCCCn1cc(-c2ccc(OC(F)(F)F)cc2)c2cc(CN3CC4CC3CN4Cc3c(Cl)cccc3Cl)ccc21)C1(NCc2cccnc2-c2cccc(Cl)c2)CCNCC1. The molecule has 2 aromatic heterocycles. The number of alkyl halides is 3. The highest BCUT2D eigenvalue weighted by atomic mass is 35.5. The van der Waals surface area contributed by atoms with Crippen molar-refractivity contribution in [1.29, 1.82) is 0 Å². The van der Waals surface area contributed by atoms with E-state index in [4.69, 9.17) is 34.8 Å². The minimum atomic E-state index is -4.77. The highest BCUT2D eigenvalue weighted by molar-refractivity contribution is 6.36. The van der Waals surface area contributed by atoms with Crippen molar-refractivity contribution < 1.29 is 22.7 Å². The predicted octanol–water partition coefficient (Wildman–Crippen LogP) is 11.3. The Balaban J connectivity index is 0.885. The molecule has 3 saturated heterocycles. The van der Waals surface area contributed by atoms with Crippen LogP contribution in [0, 0.1) is 0 Å². The lowest BCUT2D eigenvalue weighted by atomic mass is 9.81. The summed E-state index contributed by atoms with van der Waals surface area (Å²) in [5.41, 5.74) is 7.05. The smallest absolute Gasteiger partial charge is 0.406 e. The first-order valence-corrected chi connectivity index (χ1v) is 23.1. The van der Waals surface area contributed by atoms with Crippen LogP contribution in [0.25, 0.3) is 33.3 Å². The standard InChI is InChI=1S/C50H50Cl3F3N6O2/c51-37-8-3-6-35(25-37)48-36(7-5-20-58-48)27-59-49(18-21-57-22-19-49)47(63)11-1-2-23-60-31-42(34-13-15-40(16-14-34)64-50(54,55)56)41-24-33(12-17-46(41)60)28-61-29-39-26-38(61)30-62(39)32-43-44(52)9-4-10-45(43)53/h3-10,12-17,20,24-25,31,38-39,57,59H,1-2,11,18-19,21-23,26-30,32H2. The summed E-state index contributed by atoms with van der Waals surface area (Å²) in [6, 6.07) is 30.8. The number of likely N-dealkylation sites (tertiary alicyclic amines) is 2. The molecule has 2 atom stereocenters. The topological polar surface area (TPSA) is 74.7 Å². The van der Waals surface area contributed by atoms with Crippen molar-refractivity contribution in [3.8, 4) is 28.1 Å². The van der Waals surface area contributed by atoms with Crippen LogP contribution in [-0.4, -0.2) is 75.3 Å². The molecule has 0 amide bonds. The first-order valence-electron chi connectivity index (χ1n) is 22.0. The highest BCUT2D eigenvalue weighted by Crippen LogP contribution is 2.38. The number of ketones is 1. The van der Waals surface area contributed by atoms with Crippen LogP contribution in [0.2, 0.25) is 15.1 Å². The summed E-state index contributed by atoms with van der Waals surface area (Å²) in [6.07, 6.45) is 3.52. The lowest BCUT2D eigenvalue weighted by molar-refractivity contribution is -0.274. The molecule has 2 N–H and O–H groups in total. The molecule has 2 unspecified atom stereocenters. The molecule has 2 bridgehead atoms. The molecule has 0 aliphatic carbocycles. The van der Waals surface area contributed by atoms with Crippen molar-refractivity contribution in [1.82, 2.24) is 30.0 Å². The molecule has 14 heteroatoms. The van der Waals surface area contributed by atoms with Gasteiger partial charge in [-0.25, -0.2) is 0 Å². The second-order valence-electron chi connectivity index (χ2n) is 17.3. The van der Waals surface area contributed by atoms with E-state index in [1.54, 1.807) is 18.3 Å². The van der Waals surface area contributed by atoms with E-state index in [0.29, 0.717) is 65.9 Å². The maximum absolute atomic E-state index is 14.2. The van der Waals surface area contributed by atoms with Gasteiger partial charge < -0.3 is 19.9 Å². The van der Waals surface area contributed by atoms with Crippen LogP contribution in [-0.2, 0) is 31.0 Å². The fourth-order valence-corrected chi connectivity index (χ4v) is 10.7. The fraction of sp³-hybridized carbons (Fsp3) is 0.360. The number of Topliss-reactive ketones (excluding diaryl/α,β-unsaturated/α-hetero) is 1. The molecule has 8 nitrogen and oxygen atoms in total. The van der Waals surface area contributed by atoms with Crippen LogP contribution in [0.3, 0.4) is 0 Å². The van der Waals surface area contributed by atoms with Crippen LogP contribution in [0.4, 0.5) is 13.2 Å². The second kappa shape index (κ2) is 19.2. The predicted molar refractivity (Wildman–Crippen MR) is 249 cm³/mol. The summed E-state index contributed by atoms with van der Waals surface area (Å²) < 4.78 is 45.5. The number of unbranched alkanes of at least 4 members (excludes halogenated alkanes) is 1. The zero-order valence-corrected chi connectivity index (χ0v) is 37.6. The van der Waals surface area contributed by atoms with Crippen molar-refractivity contribution >= 4 is 51.5 Å². The molecule has 3 fully saturated rings. The Morgan fingerprint density at radius 1 is 0.844 bits per heavy atom. The average Bonchev–Trinajstić information content (AvgIpc) is 3.98. The number of nitrogens with one attached hydrogen (secondary N) is 2. The minimum Gasteiger partial charge on any atom is -0.406 e. The van der Waals surface area contributed by atoms with Gasteiger partial charge in [0, 0.05) is 113 Å². The zero-order chi connectivity index (χ0) is 44.4. The van der Waals surface area contributed by atoms with E-state index in [0.717, 1.165) is 96.5 Å². The molecule has 0 spiro atoms. The Morgan fingerprint density at radius 3 is 2.30 bits per heavy atom. The Morgan fingerprint density at radius 2 is 1.58 bits per heavy atom. The number of ether oxygens (including phenoxy) is 1. The van der Waals surface area contributed by atoms with Gasteiger partial charge in [0.05, 0.1) is 11.2 Å². The van der Waals surface area contributed by atoms with E-state index < -0.39 is 11.9 Å². The van der Waals surface area contributed by atoms with Crippen molar-refractivity contribution in [3.63, 3.8) is 0 Å². The van der Waals surface area contributed by atoms with Crippen LogP contribution in [0.5, 0.6) is 5.75 Å². The lowest BCUT2D eigenvalue weighted by Gasteiger charge is -2.37. The van der Waals surface area contributed by atoms with Gasteiger partial charge in [0.1, 0.15) is 5.75 Å². The number of benzene rings is 4. The number of aryl methyl sites for hydroxylation is 1. The third kappa shape index (κ3) is 10.0.